The van der Waals surface area contributed by atoms with Gasteiger partial charge in [-0.3, -0.25) is 9.89 Å². The molecule has 0 aliphatic carbocycles. The third-order valence-corrected chi connectivity index (χ3v) is 3.38. The molecule has 0 bridgehead atoms. The highest BCUT2D eigenvalue weighted by Crippen LogP contribution is 2.29. The first-order valence-electron chi connectivity index (χ1n) is 6.15. The maximum absolute atomic E-state index is 11.9. The summed E-state index contributed by atoms with van der Waals surface area (Å²) in [5.41, 5.74) is 6.30. The minimum atomic E-state index is -0.211. The standard InChI is InChI=1S/C11H15N7O/c1-13-10(19)7-3-2-4-18(7)9-6-5-14-17-8(6)15-11(12)16-9/h5,7H,2-4H2,1H3,(H,13,19)(H3,12,14,15,16,17). The number of hydrogen-bond acceptors (Lipinski definition) is 6. The van der Waals surface area contributed by atoms with Gasteiger partial charge < -0.3 is 16.0 Å². The summed E-state index contributed by atoms with van der Waals surface area (Å²) < 4.78 is 0. The van der Waals surface area contributed by atoms with Crippen LogP contribution >= 0.6 is 0 Å². The number of nitrogens with two attached hydrogens (primary N) is 1. The molecule has 2 aromatic heterocycles. The van der Waals surface area contributed by atoms with Gasteiger partial charge in [-0.2, -0.15) is 15.1 Å². The first kappa shape index (κ1) is 11.7. The predicted molar refractivity (Wildman–Crippen MR) is 70.5 cm³/mol. The number of carbonyl (C=O) groups excluding carboxylic acids is 1. The third kappa shape index (κ3) is 1.85. The second kappa shape index (κ2) is 4.38. The summed E-state index contributed by atoms with van der Waals surface area (Å²) in [5.74, 6) is 0.836. The molecule has 2 aromatic rings. The highest BCUT2D eigenvalue weighted by Gasteiger charge is 2.32. The average molecular weight is 261 g/mol. The van der Waals surface area contributed by atoms with E-state index in [1.807, 2.05) is 4.90 Å². The van der Waals surface area contributed by atoms with E-state index in [9.17, 15) is 4.79 Å². The van der Waals surface area contributed by atoms with Crippen LogP contribution in [0.3, 0.4) is 0 Å². The zero-order chi connectivity index (χ0) is 13.4. The Morgan fingerprint density at radius 1 is 1.58 bits per heavy atom. The van der Waals surface area contributed by atoms with E-state index >= 15 is 0 Å². The number of anilines is 2. The van der Waals surface area contributed by atoms with Crippen molar-refractivity contribution in [1.29, 1.82) is 0 Å². The number of amides is 1. The lowest BCUT2D eigenvalue weighted by Gasteiger charge is -2.24. The summed E-state index contributed by atoms with van der Waals surface area (Å²) in [7, 11) is 1.64. The Kier molecular flexibility index (Phi) is 2.69. The van der Waals surface area contributed by atoms with E-state index in [1.165, 1.54) is 0 Å². The molecule has 19 heavy (non-hydrogen) atoms. The van der Waals surface area contributed by atoms with Crippen molar-refractivity contribution in [2.45, 2.75) is 18.9 Å². The van der Waals surface area contributed by atoms with Crippen molar-refractivity contribution in [1.82, 2.24) is 25.5 Å². The summed E-state index contributed by atoms with van der Waals surface area (Å²) >= 11 is 0. The summed E-state index contributed by atoms with van der Waals surface area (Å²) in [6.07, 6.45) is 3.41. The molecule has 1 saturated heterocycles. The third-order valence-electron chi connectivity index (χ3n) is 3.38. The Hall–Kier alpha value is -2.38. The van der Waals surface area contributed by atoms with E-state index in [-0.39, 0.29) is 17.9 Å². The number of rotatable bonds is 2. The van der Waals surface area contributed by atoms with Crippen molar-refractivity contribution in [3.8, 4) is 0 Å². The maximum atomic E-state index is 11.9. The number of nitrogens with one attached hydrogen (secondary N) is 2. The molecule has 8 heteroatoms. The van der Waals surface area contributed by atoms with E-state index in [0.717, 1.165) is 24.8 Å². The van der Waals surface area contributed by atoms with Crippen LogP contribution in [-0.2, 0) is 4.79 Å². The molecule has 0 aromatic carbocycles. The summed E-state index contributed by atoms with van der Waals surface area (Å²) in [4.78, 5) is 22.2. The van der Waals surface area contributed by atoms with Gasteiger partial charge in [-0.05, 0) is 12.8 Å². The number of aromatic nitrogens is 4. The Bertz CT molecular complexity index is 623. The largest absolute Gasteiger partial charge is 0.368 e. The molecule has 1 aliphatic heterocycles. The first-order chi connectivity index (χ1) is 9.20. The molecule has 3 heterocycles. The number of hydrogen-bond donors (Lipinski definition) is 3. The van der Waals surface area contributed by atoms with Crippen molar-refractivity contribution in [2.75, 3.05) is 24.2 Å². The minimum Gasteiger partial charge on any atom is -0.368 e. The van der Waals surface area contributed by atoms with Crippen LogP contribution in [-0.4, -0.2) is 45.7 Å². The van der Waals surface area contributed by atoms with Gasteiger partial charge in [0.05, 0.1) is 11.6 Å². The molecule has 0 saturated carbocycles. The van der Waals surface area contributed by atoms with Crippen LogP contribution in [0.1, 0.15) is 12.8 Å². The van der Waals surface area contributed by atoms with Gasteiger partial charge in [0.2, 0.25) is 11.9 Å². The molecule has 1 aliphatic rings. The van der Waals surface area contributed by atoms with Gasteiger partial charge in [-0.1, -0.05) is 0 Å². The van der Waals surface area contributed by atoms with Crippen LogP contribution in [0.25, 0.3) is 11.0 Å². The van der Waals surface area contributed by atoms with Gasteiger partial charge >= 0.3 is 0 Å². The fraction of sp³-hybridized carbons (Fsp3) is 0.455. The van der Waals surface area contributed by atoms with Crippen LogP contribution in [0.4, 0.5) is 11.8 Å². The van der Waals surface area contributed by atoms with Crippen LogP contribution in [0.2, 0.25) is 0 Å². The lowest BCUT2D eigenvalue weighted by atomic mass is 10.2. The van der Waals surface area contributed by atoms with Crippen LogP contribution in [0, 0.1) is 0 Å². The number of carbonyl (C=O) groups is 1. The van der Waals surface area contributed by atoms with Gasteiger partial charge in [-0.15, -0.1) is 0 Å². The number of nitrogens with zero attached hydrogens (tertiary/aromatic N) is 4. The van der Waals surface area contributed by atoms with Crippen molar-refractivity contribution in [3.05, 3.63) is 6.20 Å². The normalized spacial score (nSPS) is 19.0. The second-order valence-electron chi connectivity index (χ2n) is 4.50. The van der Waals surface area contributed by atoms with Gasteiger partial charge in [0, 0.05) is 13.6 Å². The SMILES string of the molecule is CNC(=O)C1CCCN1c1nc(N)nc2[nH]ncc12. The van der Waals surface area contributed by atoms with Gasteiger partial charge in [0.25, 0.3) is 0 Å². The van der Waals surface area contributed by atoms with Crippen LogP contribution < -0.4 is 16.0 Å². The summed E-state index contributed by atoms with van der Waals surface area (Å²) in [6.45, 7) is 0.773. The second-order valence-corrected chi connectivity index (χ2v) is 4.50. The van der Waals surface area contributed by atoms with Crippen LogP contribution in [0.5, 0.6) is 0 Å². The van der Waals surface area contributed by atoms with Gasteiger partial charge in [0.15, 0.2) is 5.65 Å². The number of nitrogen functional groups attached to an aromatic ring is 1. The van der Waals surface area contributed by atoms with Gasteiger partial charge in [-0.25, -0.2) is 0 Å². The van der Waals surface area contributed by atoms with Crippen LogP contribution in [0.15, 0.2) is 6.20 Å². The fourth-order valence-electron chi connectivity index (χ4n) is 2.51. The molecule has 1 amide bonds. The molecule has 0 spiro atoms. The molecule has 0 radical (unpaired) electrons. The Morgan fingerprint density at radius 3 is 3.21 bits per heavy atom. The van der Waals surface area contributed by atoms with Crippen molar-refractivity contribution < 1.29 is 4.79 Å². The summed E-state index contributed by atoms with van der Waals surface area (Å²) in [5, 5.41) is 10.2. The molecule has 1 atom stereocenters. The van der Waals surface area contributed by atoms with E-state index in [1.54, 1.807) is 13.2 Å². The molecule has 3 rings (SSSR count). The van der Waals surface area contributed by atoms with Crippen molar-refractivity contribution >= 4 is 28.7 Å². The average Bonchev–Trinajstić information content (AvgIpc) is 3.04. The van der Waals surface area contributed by atoms with E-state index in [2.05, 4.69) is 25.5 Å². The molecular formula is C11H15N7O. The Balaban J connectivity index is 2.08. The molecule has 1 unspecified atom stereocenters. The minimum absolute atomic E-state index is 0.00803. The number of likely N-dealkylation sites (N-methyl/N-ethyl adjacent to an activating group) is 1. The zero-order valence-electron chi connectivity index (χ0n) is 10.6. The zero-order valence-corrected chi connectivity index (χ0v) is 10.6. The topological polar surface area (TPSA) is 113 Å². The van der Waals surface area contributed by atoms with E-state index in [0.29, 0.717) is 11.5 Å². The molecule has 8 nitrogen and oxygen atoms in total. The number of H-pyrrole nitrogens is 1. The molecule has 100 valence electrons. The highest BCUT2D eigenvalue weighted by atomic mass is 16.2. The quantitative estimate of drug-likeness (QED) is 0.681. The maximum Gasteiger partial charge on any atom is 0.242 e. The Labute approximate surface area is 109 Å². The molecule has 1 fully saturated rings. The monoisotopic (exact) mass is 261 g/mol. The smallest absolute Gasteiger partial charge is 0.242 e. The van der Waals surface area contributed by atoms with Gasteiger partial charge in [0.1, 0.15) is 11.9 Å². The number of fused-ring (bicyclic) bond motifs is 1. The fourth-order valence-corrected chi connectivity index (χ4v) is 2.51. The summed E-state index contributed by atoms with van der Waals surface area (Å²) in [6, 6.07) is -0.211. The van der Waals surface area contributed by atoms with E-state index < -0.39 is 0 Å². The highest BCUT2D eigenvalue weighted by molar-refractivity contribution is 5.92. The predicted octanol–water partition coefficient (Wildman–Crippen LogP) is -0.350. The molecular weight excluding hydrogens is 246 g/mol. The lowest BCUT2D eigenvalue weighted by molar-refractivity contribution is -0.121. The van der Waals surface area contributed by atoms with Crippen molar-refractivity contribution in [3.63, 3.8) is 0 Å². The lowest BCUT2D eigenvalue weighted by Crippen LogP contribution is -2.42. The first-order valence-corrected chi connectivity index (χ1v) is 6.15. The van der Waals surface area contributed by atoms with E-state index in [4.69, 9.17) is 5.73 Å². The molecule has 4 N–H and O–H groups in total. The number of aromatic amines is 1. The van der Waals surface area contributed by atoms with Crippen molar-refractivity contribution in [2.24, 2.45) is 0 Å². The Morgan fingerprint density at radius 2 is 2.42 bits per heavy atom.